The maximum Gasteiger partial charge on any atom is 0.270 e. The Morgan fingerprint density at radius 3 is 2.64 bits per heavy atom. The lowest BCUT2D eigenvalue weighted by Gasteiger charge is -2.18. The third kappa shape index (κ3) is 4.40. The molecule has 136 valence electrons. The Labute approximate surface area is 148 Å². The van der Waals surface area contributed by atoms with E-state index in [0.29, 0.717) is 18.8 Å². The lowest BCUT2D eigenvalue weighted by atomic mass is 10.2. The summed E-state index contributed by atoms with van der Waals surface area (Å²) in [6, 6.07) is 9.03. The number of hydrogen-bond donors (Lipinski definition) is 1. The molecule has 0 atom stereocenters. The molecule has 0 unspecified atom stereocenters. The van der Waals surface area contributed by atoms with Crippen molar-refractivity contribution in [2.24, 2.45) is 7.05 Å². The molecule has 1 amide bonds. The molecule has 0 aliphatic heterocycles. The highest BCUT2D eigenvalue weighted by Crippen LogP contribution is 2.17. The van der Waals surface area contributed by atoms with Crippen LogP contribution in [0.25, 0.3) is 0 Å². The number of nitrogens with one attached hydrogen (secondary N) is 1. The molecule has 0 saturated carbocycles. The van der Waals surface area contributed by atoms with Gasteiger partial charge in [-0.3, -0.25) is 4.79 Å². The zero-order valence-electron chi connectivity index (χ0n) is 14.8. The van der Waals surface area contributed by atoms with Crippen LogP contribution in [0.2, 0.25) is 0 Å². The van der Waals surface area contributed by atoms with Crippen LogP contribution >= 0.6 is 0 Å². The summed E-state index contributed by atoms with van der Waals surface area (Å²) in [5.74, 6) is 0.512. The molecule has 25 heavy (non-hydrogen) atoms. The number of hydrogen-bond acceptors (Lipinski definition) is 4. The molecule has 0 radical (unpaired) electrons. The first-order valence-corrected chi connectivity index (χ1v) is 9.28. The molecule has 2 aromatic rings. The largest absolute Gasteiger partial charge is 0.491 e. The van der Waals surface area contributed by atoms with E-state index < -0.39 is 10.0 Å². The van der Waals surface area contributed by atoms with Crippen LogP contribution in [0.1, 0.15) is 16.1 Å². The van der Waals surface area contributed by atoms with Crippen LogP contribution in [0.5, 0.6) is 5.75 Å². The molecule has 1 heterocycles. The maximum absolute atomic E-state index is 12.5. The quantitative estimate of drug-likeness (QED) is 0.804. The molecule has 7 nitrogen and oxygen atoms in total. The molecule has 1 N–H and O–H groups in total. The first kappa shape index (κ1) is 19.0. The van der Waals surface area contributed by atoms with Crippen molar-refractivity contribution in [1.29, 1.82) is 0 Å². The standard InChI is InChI=1S/C17H23N3O4S/c1-13-7-5-6-8-16(13)24-10-9-19(3)17(21)15-11-14(12-20(15)4)25(22,23)18-2/h5-8,11-12,18H,9-10H2,1-4H3. The van der Waals surface area contributed by atoms with Crippen LogP contribution < -0.4 is 9.46 Å². The third-order valence-corrected chi connectivity index (χ3v) is 5.28. The molecule has 1 aromatic heterocycles. The van der Waals surface area contributed by atoms with Crippen molar-refractivity contribution in [3.05, 3.63) is 47.8 Å². The first-order valence-electron chi connectivity index (χ1n) is 7.80. The Balaban J connectivity index is 2.02. The van der Waals surface area contributed by atoms with Gasteiger partial charge in [-0.05, 0) is 31.7 Å². The summed E-state index contributed by atoms with van der Waals surface area (Å²) in [6.07, 6.45) is 1.41. The SMILES string of the molecule is CNS(=O)(=O)c1cc(C(=O)N(C)CCOc2ccccc2C)n(C)c1. The van der Waals surface area contributed by atoms with E-state index in [1.165, 1.54) is 28.8 Å². The highest BCUT2D eigenvalue weighted by atomic mass is 32.2. The molecule has 2 rings (SSSR count). The molecule has 1 aromatic carbocycles. The van der Waals surface area contributed by atoms with E-state index >= 15 is 0 Å². The fourth-order valence-electron chi connectivity index (χ4n) is 2.32. The number of ether oxygens (including phenoxy) is 1. The number of likely N-dealkylation sites (N-methyl/N-ethyl adjacent to an activating group) is 1. The average molecular weight is 365 g/mol. The smallest absolute Gasteiger partial charge is 0.270 e. The molecule has 0 spiro atoms. The summed E-state index contributed by atoms with van der Waals surface area (Å²) in [7, 11) is 1.04. The number of carbonyl (C=O) groups is 1. The van der Waals surface area contributed by atoms with Crippen molar-refractivity contribution in [3.63, 3.8) is 0 Å². The molecular formula is C17H23N3O4S. The number of para-hydroxylation sites is 1. The van der Waals surface area contributed by atoms with E-state index in [2.05, 4.69) is 4.72 Å². The second-order valence-electron chi connectivity index (χ2n) is 5.72. The van der Waals surface area contributed by atoms with Crippen LogP contribution in [0.15, 0.2) is 41.4 Å². The van der Waals surface area contributed by atoms with Crippen molar-refractivity contribution in [3.8, 4) is 5.75 Å². The number of carbonyl (C=O) groups excluding carboxylic acids is 1. The molecular weight excluding hydrogens is 342 g/mol. The topological polar surface area (TPSA) is 80.6 Å². The Bertz CT molecular complexity index is 859. The minimum Gasteiger partial charge on any atom is -0.491 e. The number of nitrogens with zero attached hydrogens (tertiary/aromatic N) is 2. The van der Waals surface area contributed by atoms with Crippen molar-refractivity contribution < 1.29 is 17.9 Å². The second-order valence-corrected chi connectivity index (χ2v) is 7.61. The lowest BCUT2D eigenvalue weighted by Crippen LogP contribution is -2.32. The summed E-state index contributed by atoms with van der Waals surface area (Å²) in [5.41, 5.74) is 1.33. The predicted octanol–water partition coefficient (Wildman–Crippen LogP) is 1.39. The Hall–Kier alpha value is -2.32. The summed E-state index contributed by atoms with van der Waals surface area (Å²) >= 11 is 0. The number of amides is 1. The van der Waals surface area contributed by atoms with Crippen molar-refractivity contribution in [2.45, 2.75) is 11.8 Å². The molecule has 0 bridgehead atoms. The van der Waals surface area contributed by atoms with Crippen molar-refractivity contribution in [2.75, 3.05) is 27.2 Å². The van der Waals surface area contributed by atoms with Crippen molar-refractivity contribution >= 4 is 15.9 Å². The third-order valence-electron chi connectivity index (χ3n) is 3.90. The molecule has 0 aliphatic rings. The van der Waals surface area contributed by atoms with Gasteiger partial charge >= 0.3 is 0 Å². The van der Waals surface area contributed by atoms with Gasteiger partial charge in [0.2, 0.25) is 10.0 Å². The lowest BCUT2D eigenvalue weighted by molar-refractivity contribution is 0.0764. The van der Waals surface area contributed by atoms with Gasteiger partial charge in [-0.1, -0.05) is 18.2 Å². The number of aryl methyl sites for hydroxylation is 2. The maximum atomic E-state index is 12.5. The monoisotopic (exact) mass is 365 g/mol. The number of aromatic nitrogens is 1. The Morgan fingerprint density at radius 2 is 2.00 bits per heavy atom. The molecule has 0 saturated heterocycles. The van der Waals surface area contributed by atoms with Crippen LogP contribution in [-0.2, 0) is 17.1 Å². The Kier molecular flexibility index (Phi) is 5.86. The fourth-order valence-corrected chi connectivity index (χ4v) is 3.12. The molecule has 0 fully saturated rings. The summed E-state index contributed by atoms with van der Waals surface area (Å²) in [5, 5.41) is 0. The van der Waals surface area contributed by atoms with Gasteiger partial charge < -0.3 is 14.2 Å². The van der Waals surface area contributed by atoms with Gasteiger partial charge in [0, 0.05) is 20.3 Å². The molecule has 0 aliphatic carbocycles. The van der Waals surface area contributed by atoms with E-state index in [1.807, 2.05) is 31.2 Å². The Morgan fingerprint density at radius 1 is 1.32 bits per heavy atom. The summed E-state index contributed by atoms with van der Waals surface area (Å²) < 4.78 is 33.1. The highest BCUT2D eigenvalue weighted by Gasteiger charge is 2.21. The van der Waals surface area contributed by atoms with Crippen LogP contribution in [0, 0.1) is 6.92 Å². The fraction of sp³-hybridized carbons (Fsp3) is 0.353. The summed E-state index contributed by atoms with van der Waals surface area (Å²) in [4.78, 5) is 14.1. The van der Waals surface area contributed by atoms with Gasteiger partial charge in [0.1, 0.15) is 22.9 Å². The van der Waals surface area contributed by atoms with E-state index in [-0.39, 0.29) is 10.8 Å². The summed E-state index contributed by atoms with van der Waals surface area (Å²) in [6.45, 7) is 2.68. The van der Waals surface area contributed by atoms with Gasteiger partial charge in [0.25, 0.3) is 5.91 Å². The zero-order chi connectivity index (χ0) is 18.6. The van der Waals surface area contributed by atoms with Crippen LogP contribution in [-0.4, -0.2) is 51.0 Å². The highest BCUT2D eigenvalue weighted by molar-refractivity contribution is 7.89. The van der Waals surface area contributed by atoms with Gasteiger partial charge in [-0.2, -0.15) is 0 Å². The van der Waals surface area contributed by atoms with E-state index in [0.717, 1.165) is 11.3 Å². The minimum absolute atomic E-state index is 0.0606. The molecule has 8 heteroatoms. The normalized spacial score (nSPS) is 11.4. The number of sulfonamides is 1. The van der Waals surface area contributed by atoms with E-state index in [1.54, 1.807) is 14.1 Å². The average Bonchev–Trinajstić information content (AvgIpc) is 2.98. The van der Waals surface area contributed by atoms with Gasteiger partial charge in [0.05, 0.1) is 6.54 Å². The van der Waals surface area contributed by atoms with Gasteiger partial charge in [-0.15, -0.1) is 0 Å². The number of rotatable bonds is 7. The van der Waals surface area contributed by atoms with Gasteiger partial charge in [0.15, 0.2) is 0 Å². The second kappa shape index (κ2) is 7.71. The first-order chi connectivity index (χ1) is 11.8. The minimum atomic E-state index is -3.58. The predicted molar refractivity (Wildman–Crippen MR) is 95.3 cm³/mol. The van der Waals surface area contributed by atoms with E-state index in [9.17, 15) is 13.2 Å². The zero-order valence-corrected chi connectivity index (χ0v) is 15.6. The van der Waals surface area contributed by atoms with E-state index in [4.69, 9.17) is 4.74 Å². The van der Waals surface area contributed by atoms with Crippen molar-refractivity contribution in [1.82, 2.24) is 14.2 Å². The van der Waals surface area contributed by atoms with Gasteiger partial charge in [-0.25, -0.2) is 13.1 Å². The number of benzene rings is 1. The van der Waals surface area contributed by atoms with Crippen LogP contribution in [0.4, 0.5) is 0 Å². The van der Waals surface area contributed by atoms with Crippen LogP contribution in [0.3, 0.4) is 0 Å².